The van der Waals surface area contributed by atoms with E-state index in [9.17, 15) is 4.79 Å². The summed E-state index contributed by atoms with van der Waals surface area (Å²) in [6, 6.07) is 5.31. The van der Waals surface area contributed by atoms with E-state index in [1.807, 2.05) is 6.07 Å². The standard InChI is InChI=1S/C15H16ClN5O/c1-21(2)15(22)9-18-7-11(6-17)10-5-13-12(19-8-10)3-4-14(16)20-13/h3-8,17-18H,9H2,1-2H3/p+1. The summed E-state index contributed by atoms with van der Waals surface area (Å²) in [6.07, 6.45) is 4.64. The number of amides is 1. The molecule has 114 valence electrons. The molecule has 2 rings (SSSR count). The largest absolute Gasteiger partial charge is 0.344 e. The number of hydrogen-bond acceptors (Lipinski definition) is 4. The van der Waals surface area contributed by atoms with Crippen LogP contribution in [-0.2, 0) is 4.79 Å². The summed E-state index contributed by atoms with van der Waals surface area (Å²) in [6.45, 7) is 0.287. The topological polar surface area (TPSA) is 86.5 Å². The van der Waals surface area contributed by atoms with E-state index in [0.29, 0.717) is 16.2 Å². The van der Waals surface area contributed by atoms with Gasteiger partial charge in [-0.1, -0.05) is 11.6 Å². The monoisotopic (exact) mass is 318 g/mol. The van der Waals surface area contributed by atoms with Crippen LogP contribution >= 0.6 is 11.6 Å². The molecule has 0 saturated heterocycles. The number of halogens is 1. The predicted molar refractivity (Wildman–Crippen MR) is 86.8 cm³/mol. The van der Waals surface area contributed by atoms with Crippen LogP contribution in [0.25, 0.3) is 16.6 Å². The van der Waals surface area contributed by atoms with Crippen molar-refractivity contribution in [3.63, 3.8) is 0 Å². The molecule has 2 heterocycles. The normalized spacial score (nSPS) is 11.5. The molecule has 1 amide bonds. The van der Waals surface area contributed by atoms with Gasteiger partial charge in [0.25, 0.3) is 5.91 Å². The minimum atomic E-state index is 0.00525. The molecule has 0 radical (unpaired) electrons. The predicted octanol–water partition coefficient (Wildman–Crippen LogP) is 0.925. The molecule has 0 spiro atoms. The first-order chi connectivity index (χ1) is 10.5. The molecule has 0 atom stereocenters. The molecule has 0 saturated carbocycles. The maximum absolute atomic E-state index is 11.5. The SMILES string of the molecule is CN(C)C(=O)C[NH2+]C=C(C=N)c1cnc2ccc(Cl)nc2c1. The number of quaternary nitrogens is 1. The first-order valence-corrected chi connectivity index (χ1v) is 7.06. The van der Waals surface area contributed by atoms with Gasteiger partial charge in [-0.3, -0.25) is 9.78 Å². The Morgan fingerprint density at radius 2 is 2.18 bits per heavy atom. The number of fused-ring (bicyclic) bond motifs is 1. The average Bonchev–Trinajstić information content (AvgIpc) is 2.50. The van der Waals surface area contributed by atoms with Crippen molar-refractivity contribution < 1.29 is 10.1 Å². The van der Waals surface area contributed by atoms with Crippen LogP contribution in [0.5, 0.6) is 0 Å². The van der Waals surface area contributed by atoms with Crippen LogP contribution in [0.2, 0.25) is 5.15 Å². The molecule has 0 aliphatic rings. The lowest BCUT2D eigenvalue weighted by molar-refractivity contribution is -0.575. The highest BCUT2D eigenvalue weighted by Crippen LogP contribution is 2.18. The minimum Gasteiger partial charge on any atom is -0.344 e. The maximum Gasteiger partial charge on any atom is 0.277 e. The molecular weight excluding hydrogens is 302 g/mol. The molecule has 7 heteroatoms. The number of nitrogens with one attached hydrogen (secondary N) is 1. The molecule has 0 bridgehead atoms. The zero-order valence-electron chi connectivity index (χ0n) is 12.4. The van der Waals surface area contributed by atoms with Crippen molar-refractivity contribution in [3.8, 4) is 0 Å². The molecule has 3 N–H and O–H groups in total. The van der Waals surface area contributed by atoms with Gasteiger partial charge in [0.15, 0.2) is 6.54 Å². The second-order valence-electron chi connectivity index (χ2n) is 4.89. The zero-order valence-corrected chi connectivity index (χ0v) is 13.1. The molecule has 0 aliphatic heterocycles. The summed E-state index contributed by atoms with van der Waals surface area (Å²) >= 11 is 5.89. The Morgan fingerprint density at radius 1 is 1.41 bits per heavy atom. The number of carbonyl (C=O) groups is 1. The van der Waals surface area contributed by atoms with E-state index in [1.165, 1.54) is 11.1 Å². The van der Waals surface area contributed by atoms with Gasteiger partial charge < -0.3 is 15.6 Å². The van der Waals surface area contributed by atoms with E-state index in [-0.39, 0.29) is 12.5 Å². The third-order valence-corrected chi connectivity index (χ3v) is 3.29. The van der Waals surface area contributed by atoms with Crippen LogP contribution in [0.3, 0.4) is 0 Å². The quantitative estimate of drug-likeness (QED) is 0.635. The molecule has 22 heavy (non-hydrogen) atoms. The summed E-state index contributed by atoms with van der Waals surface area (Å²) in [5, 5.41) is 9.67. The Hall–Kier alpha value is -2.31. The van der Waals surface area contributed by atoms with Crippen LogP contribution in [0, 0.1) is 5.41 Å². The van der Waals surface area contributed by atoms with E-state index in [4.69, 9.17) is 17.0 Å². The fourth-order valence-electron chi connectivity index (χ4n) is 1.84. The van der Waals surface area contributed by atoms with Crippen LogP contribution in [0.4, 0.5) is 0 Å². The second-order valence-corrected chi connectivity index (χ2v) is 5.28. The van der Waals surface area contributed by atoms with Crippen molar-refractivity contribution in [3.05, 3.63) is 41.3 Å². The van der Waals surface area contributed by atoms with Crippen molar-refractivity contribution in [2.45, 2.75) is 0 Å². The van der Waals surface area contributed by atoms with Crippen LogP contribution in [0.1, 0.15) is 5.56 Å². The van der Waals surface area contributed by atoms with Crippen molar-refractivity contribution in [1.82, 2.24) is 14.9 Å². The first-order valence-electron chi connectivity index (χ1n) is 6.68. The molecule has 0 fully saturated rings. The van der Waals surface area contributed by atoms with Crippen LogP contribution < -0.4 is 5.32 Å². The highest BCUT2D eigenvalue weighted by molar-refractivity contribution is 6.29. The number of rotatable bonds is 5. The van der Waals surface area contributed by atoms with E-state index in [0.717, 1.165) is 11.1 Å². The molecular formula is C15H17ClN5O+. The zero-order chi connectivity index (χ0) is 16.1. The third-order valence-electron chi connectivity index (χ3n) is 3.08. The number of carbonyl (C=O) groups excluding carboxylic acids is 1. The Bertz CT molecular complexity index is 742. The van der Waals surface area contributed by atoms with Crippen molar-refractivity contribution in [1.29, 1.82) is 5.41 Å². The summed E-state index contributed by atoms with van der Waals surface area (Å²) in [7, 11) is 3.42. The van der Waals surface area contributed by atoms with Gasteiger partial charge in [-0.2, -0.15) is 0 Å². The van der Waals surface area contributed by atoms with E-state index in [1.54, 1.807) is 43.9 Å². The maximum atomic E-state index is 11.5. The first kappa shape index (κ1) is 16.1. The Balaban J connectivity index is 2.23. The second kappa shape index (κ2) is 7.11. The Morgan fingerprint density at radius 3 is 2.86 bits per heavy atom. The van der Waals surface area contributed by atoms with Gasteiger partial charge in [-0.25, -0.2) is 4.98 Å². The van der Waals surface area contributed by atoms with Gasteiger partial charge in [0, 0.05) is 32.1 Å². The molecule has 2 aromatic heterocycles. The molecule has 2 aromatic rings. The lowest BCUT2D eigenvalue weighted by Crippen LogP contribution is -2.81. The molecule has 0 unspecified atom stereocenters. The van der Waals surface area contributed by atoms with Crippen molar-refractivity contribution in [2.24, 2.45) is 0 Å². The number of allylic oxidation sites excluding steroid dienone is 1. The van der Waals surface area contributed by atoms with E-state index >= 15 is 0 Å². The molecule has 0 aliphatic carbocycles. The lowest BCUT2D eigenvalue weighted by Gasteiger charge is -2.07. The van der Waals surface area contributed by atoms with Gasteiger partial charge in [0.05, 0.1) is 16.6 Å². The summed E-state index contributed by atoms with van der Waals surface area (Å²) < 4.78 is 0. The fraction of sp³-hybridized carbons (Fsp3) is 0.200. The minimum absolute atomic E-state index is 0.00525. The van der Waals surface area contributed by atoms with Gasteiger partial charge in [0.1, 0.15) is 11.4 Å². The average molecular weight is 319 g/mol. The molecule has 6 nitrogen and oxygen atoms in total. The summed E-state index contributed by atoms with van der Waals surface area (Å²) in [5.41, 5.74) is 2.82. The highest BCUT2D eigenvalue weighted by Gasteiger charge is 2.07. The number of pyridine rings is 2. The van der Waals surface area contributed by atoms with Crippen molar-refractivity contribution >= 4 is 40.3 Å². The Kier molecular flexibility index (Phi) is 5.19. The summed E-state index contributed by atoms with van der Waals surface area (Å²) in [5.74, 6) is 0.00525. The van der Waals surface area contributed by atoms with Gasteiger partial charge in [-0.15, -0.1) is 0 Å². The van der Waals surface area contributed by atoms with Crippen molar-refractivity contribution in [2.75, 3.05) is 20.6 Å². The highest BCUT2D eigenvalue weighted by atomic mass is 35.5. The van der Waals surface area contributed by atoms with Gasteiger partial charge >= 0.3 is 0 Å². The summed E-state index contributed by atoms with van der Waals surface area (Å²) in [4.78, 5) is 21.6. The van der Waals surface area contributed by atoms with Crippen LogP contribution in [-0.4, -0.2) is 47.6 Å². The van der Waals surface area contributed by atoms with Gasteiger partial charge in [0.2, 0.25) is 0 Å². The van der Waals surface area contributed by atoms with E-state index < -0.39 is 0 Å². The smallest absolute Gasteiger partial charge is 0.277 e. The Labute approximate surface area is 133 Å². The van der Waals surface area contributed by atoms with Crippen LogP contribution in [0.15, 0.2) is 30.6 Å². The van der Waals surface area contributed by atoms with E-state index in [2.05, 4.69) is 9.97 Å². The molecule has 0 aromatic carbocycles. The number of hydrogen-bond donors (Lipinski definition) is 2. The third kappa shape index (κ3) is 3.87. The fourth-order valence-corrected chi connectivity index (χ4v) is 1.99. The number of nitrogens with zero attached hydrogens (tertiary/aromatic N) is 3. The number of likely N-dealkylation sites (N-methyl/N-ethyl adjacent to an activating group) is 1. The number of aromatic nitrogens is 2. The lowest BCUT2D eigenvalue weighted by atomic mass is 10.1. The van der Waals surface area contributed by atoms with Gasteiger partial charge in [-0.05, 0) is 18.2 Å². The number of nitrogens with two attached hydrogens (primary N) is 1.